The fourth-order valence-electron chi connectivity index (χ4n) is 1.18. The summed E-state index contributed by atoms with van der Waals surface area (Å²) in [7, 11) is -0.440. The number of nitrogens with one attached hydrogen (secondary N) is 1. The normalized spacial score (nSPS) is 11.8. The highest BCUT2D eigenvalue weighted by atomic mass is 32.2. The van der Waals surface area contributed by atoms with E-state index in [0.717, 1.165) is 0 Å². The average Bonchev–Trinajstić information content (AvgIpc) is 2.16. The standard InChI is InChI=1S/C10H14N2O3S/c1-8(13)9-5-4-6-10(7-9)16(14,15)11-12(2)3/h4-7,11H,1-3H3. The molecule has 0 unspecified atom stereocenters. The van der Waals surface area contributed by atoms with Crippen molar-refractivity contribution in [2.24, 2.45) is 0 Å². The van der Waals surface area contributed by atoms with E-state index in [4.69, 9.17) is 0 Å². The first kappa shape index (κ1) is 12.8. The molecule has 0 bridgehead atoms. The van der Waals surface area contributed by atoms with E-state index in [2.05, 4.69) is 4.83 Å². The van der Waals surface area contributed by atoms with Gasteiger partial charge in [-0.3, -0.25) is 4.79 Å². The van der Waals surface area contributed by atoms with Gasteiger partial charge in [0.2, 0.25) is 0 Å². The Kier molecular flexibility index (Phi) is 3.79. The summed E-state index contributed by atoms with van der Waals surface area (Å²) in [5.41, 5.74) is 0.377. The van der Waals surface area contributed by atoms with E-state index in [9.17, 15) is 13.2 Å². The number of benzene rings is 1. The maximum atomic E-state index is 11.8. The SMILES string of the molecule is CC(=O)c1cccc(S(=O)(=O)NN(C)C)c1. The fourth-order valence-corrected chi connectivity index (χ4v) is 2.30. The summed E-state index contributed by atoms with van der Waals surface area (Å²) in [5, 5.41) is 1.33. The van der Waals surface area contributed by atoms with E-state index < -0.39 is 10.0 Å². The number of ketones is 1. The monoisotopic (exact) mass is 242 g/mol. The maximum absolute atomic E-state index is 11.8. The Labute approximate surface area is 95.1 Å². The number of hydrogen-bond acceptors (Lipinski definition) is 4. The Hall–Kier alpha value is -1.24. The van der Waals surface area contributed by atoms with Gasteiger partial charge in [-0.05, 0) is 19.1 Å². The first-order valence-electron chi connectivity index (χ1n) is 4.64. The predicted molar refractivity (Wildman–Crippen MR) is 60.5 cm³/mol. The highest BCUT2D eigenvalue weighted by molar-refractivity contribution is 7.89. The summed E-state index contributed by atoms with van der Waals surface area (Å²) < 4.78 is 23.5. The molecule has 1 aromatic carbocycles. The quantitative estimate of drug-likeness (QED) is 0.621. The Bertz CT molecular complexity index is 495. The van der Waals surface area contributed by atoms with E-state index in [1.54, 1.807) is 26.2 Å². The number of carbonyl (C=O) groups excluding carboxylic acids is 1. The summed E-state index contributed by atoms with van der Waals surface area (Å²) in [4.78, 5) is 13.5. The molecule has 1 N–H and O–H groups in total. The molecule has 0 atom stereocenters. The molecule has 0 aliphatic carbocycles. The van der Waals surface area contributed by atoms with Crippen LogP contribution in [-0.2, 0) is 10.0 Å². The molecular weight excluding hydrogens is 228 g/mol. The molecule has 0 amide bonds. The molecule has 0 radical (unpaired) electrons. The molecule has 6 heteroatoms. The highest BCUT2D eigenvalue weighted by Crippen LogP contribution is 2.11. The van der Waals surface area contributed by atoms with E-state index in [0.29, 0.717) is 5.56 Å². The van der Waals surface area contributed by atoms with Crippen LogP contribution in [0.25, 0.3) is 0 Å². The zero-order valence-electron chi connectivity index (χ0n) is 9.39. The second-order valence-corrected chi connectivity index (χ2v) is 5.23. The van der Waals surface area contributed by atoms with Crippen LogP contribution in [0.4, 0.5) is 0 Å². The molecule has 5 nitrogen and oxygen atoms in total. The van der Waals surface area contributed by atoms with Crippen molar-refractivity contribution in [1.82, 2.24) is 9.84 Å². The lowest BCUT2D eigenvalue weighted by Crippen LogP contribution is -2.36. The largest absolute Gasteiger partial charge is 0.295 e. The number of Topliss-reactive ketones (excluding diaryl/α,β-unsaturated/α-hetero) is 1. The molecule has 16 heavy (non-hydrogen) atoms. The van der Waals surface area contributed by atoms with Gasteiger partial charge in [-0.25, -0.2) is 13.4 Å². The van der Waals surface area contributed by atoms with Gasteiger partial charge in [0.15, 0.2) is 5.78 Å². The van der Waals surface area contributed by atoms with Gasteiger partial charge < -0.3 is 0 Å². The Morgan fingerprint density at radius 1 is 1.31 bits per heavy atom. The van der Waals surface area contributed by atoms with E-state index in [1.165, 1.54) is 24.1 Å². The van der Waals surface area contributed by atoms with Gasteiger partial charge in [-0.2, -0.15) is 0 Å². The molecule has 0 heterocycles. The number of hydrogen-bond donors (Lipinski definition) is 1. The molecular formula is C10H14N2O3S. The van der Waals surface area contributed by atoms with Crippen LogP contribution < -0.4 is 4.83 Å². The van der Waals surface area contributed by atoms with Crippen molar-refractivity contribution in [2.75, 3.05) is 14.1 Å². The topological polar surface area (TPSA) is 66.5 Å². The van der Waals surface area contributed by atoms with Crippen molar-refractivity contribution in [3.8, 4) is 0 Å². The van der Waals surface area contributed by atoms with Gasteiger partial charge in [0.1, 0.15) is 0 Å². The molecule has 0 fully saturated rings. The molecule has 0 aromatic heterocycles. The van der Waals surface area contributed by atoms with Crippen LogP contribution in [0.1, 0.15) is 17.3 Å². The molecule has 1 aromatic rings. The van der Waals surface area contributed by atoms with Crippen molar-refractivity contribution >= 4 is 15.8 Å². The minimum Gasteiger partial charge on any atom is -0.295 e. The number of rotatable bonds is 4. The van der Waals surface area contributed by atoms with Crippen molar-refractivity contribution in [1.29, 1.82) is 0 Å². The average molecular weight is 242 g/mol. The van der Waals surface area contributed by atoms with Crippen molar-refractivity contribution in [3.63, 3.8) is 0 Å². The van der Waals surface area contributed by atoms with Gasteiger partial charge >= 0.3 is 0 Å². The van der Waals surface area contributed by atoms with Crippen LogP contribution in [0.5, 0.6) is 0 Å². The van der Waals surface area contributed by atoms with Crippen LogP contribution in [0.3, 0.4) is 0 Å². The third-order valence-corrected chi connectivity index (χ3v) is 3.33. The number of carbonyl (C=O) groups is 1. The van der Waals surface area contributed by atoms with Gasteiger partial charge in [-0.1, -0.05) is 12.1 Å². The maximum Gasteiger partial charge on any atom is 0.253 e. The zero-order chi connectivity index (χ0) is 12.3. The van der Waals surface area contributed by atoms with Crippen molar-refractivity contribution in [2.45, 2.75) is 11.8 Å². The molecule has 0 aliphatic heterocycles. The summed E-state index contributed by atoms with van der Waals surface area (Å²) >= 11 is 0. The summed E-state index contributed by atoms with van der Waals surface area (Å²) in [5.74, 6) is -0.165. The van der Waals surface area contributed by atoms with Gasteiger partial charge in [0.25, 0.3) is 10.0 Å². The summed E-state index contributed by atoms with van der Waals surface area (Å²) in [6.45, 7) is 1.39. The first-order valence-corrected chi connectivity index (χ1v) is 6.12. The van der Waals surface area contributed by atoms with Gasteiger partial charge in [0, 0.05) is 19.7 Å². The molecule has 88 valence electrons. The number of nitrogens with zero attached hydrogens (tertiary/aromatic N) is 1. The van der Waals surface area contributed by atoms with Crippen LogP contribution in [0.2, 0.25) is 0 Å². The van der Waals surface area contributed by atoms with E-state index in [1.807, 2.05) is 0 Å². The third kappa shape index (κ3) is 3.13. The first-order chi connectivity index (χ1) is 7.33. The van der Waals surface area contributed by atoms with Crippen LogP contribution in [0, 0.1) is 0 Å². The zero-order valence-corrected chi connectivity index (χ0v) is 10.2. The molecule has 0 saturated heterocycles. The Balaban J connectivity index is 3.14. The number of sulfonamides is 1. The molecule has 1 rings (SSSR count). The lowest BCUT2D eigenvalue weighted by molar-refractivity contribution is 0.101. The van der Waals surface area contributed by atoms with Crippen molar-refractivity contribution in [3.05, 3.63) is 29.8 Å². The molecule has 0 saturated carbocycles. The second kappa shape index (κ2) is 4.73. The third-order valence-electron chi connectivity index (χ3n) is 1.85. The lowest BCUT2D eigenvalue weighted by Gasteiger charge is -2.12. The van der Waals surface area contributed by atoms with E-state index in [-0.39, 0.29) is 10.7 Å². The summed E-state index contributed by atoms with van der Waals surface area (Å²) in [6, 6.07) is 5.92. The smallest absolute Gasteiger partial charge is 0.253 e. The molecule has 0 aliphatic rings. The predicted octanol–water partition coefficient (Wildman–Crippen LogP) is 0.644. The van der Waals surface area contributed by atoms with Crippen LogP contribution >= 0.6 is 0 Å². The van der Waals surface area contributed by atoms with Crippen LogP contribution in [-0.4, -0.2) is 33.3 Å². The van der Waals surface area contributed by atoms with Crippen molar-refractivity contribution < 1.29 is 13.2 Å². The second-order valence-electron chi connectivity index (χ2n) is 3.57. The minimum absolute atomic E-state index is 0.0777. The lowest BCUT2D eigenvalue weighted by atomic mass is 10.2. The van der Waals surface area contributed by atoms with E-state index >= 15 is 0 Å². The Morgan fingerprint density at radius 3 is 2.44 bits per heavy atom. The fraction of sp³-hybridized carbons (Fsp3) is 0.300. The highest BCUT2D eigenvalue weighted by Gasteiger charge is 2.15. The summed E-state index contributed by atoms with van der Waals surface area (Å²) in [6.07, 6.45) is 0. The van der Waals surface area contributed by atoms with Crippen LogP contribution in [0.15, 0.2) is 29.2 Å². The minimum atomic E-state index is -3.59. The number of hydrazine groups is 1. The Morgan fingerprint density at radius 2 is 1.94 bits per heavy atom. The molecule has 0 spiro atoms. The van der Waals surface area contributed by atoms with Gasteiger partial charge in [0.05, 0.1) is 4.90 Å². The van der Waals surface area contributed by atoms with Gasteiger partial charge in [-0.15, -0.1) is 4.83 Å².